The molecule has 3 aromatic rings. The zero-order valence-electron chi connectivity index (χ0n) is 14.0. The smallest absolute Gasteiger partial charge is 0.0774 e. The van der Waals surface area contributed by atoms with Gasteiger partial charge >= 0.3 is 0 Å². The predicted molar refractivity (Wildman–Crippen MR) is 101 cm³/mol. The monoisotopic (exact) mass is 335 g/mol. The van der Waals surface area contributed by atoms with Crippen LogP contribution >= 0.6 is 0 Å². The fourth-order valence-corrected chi connectivity index (χ4v) is 3.69. The van der Waals surface area contributed by atoms with Crippen LogP contribution in [0.5, 0.6) is 0 Å². The number of nitrogens with two attached hydrogens (primary N) is 1. The van der Waals surface area contributed by atoms with Crippen molar-refractivity contribution in [2.24, 2.45) is 10.7 Å². The highest BCUT2D eigenvalue weighted by atomic mass is 16.3. The summed E-state index contributed by atoms with van der Waals surface area (Å²) in [7, 11) is 0. The zero-order chi connectivity index (χ0) is 17.2. The highest BCUT2D eigenvalue weighted by molar-refractivity contribution is 6.12. The Morgan fingerprint density at radius 1 is 1.28 bits per heavy atom. The number of aliphatic imine (C=N–C) groups is 1. The molecule has 0 unspecified atom stereocenters. The lowest BCUT2D eigenvalue weighted by molar-refractivity contribution is 0.307. The predicted octanol–water partition coefficient (Wildman–Crippen LogP) is 2.35. The van der Waals surface area contributed by atoms with E-state index in [0.717, 1.165) is 46.9 Å². The van der Waals surface area contributed by atoms with Gasteiger partial charge in [-0.1, -0.05) is 0 Å². The Kier molecular flexibility index (Phi) is 4.19. The number of hydrogen-bond acceptors (Lipinski definition) is 5. The molecule has 0 fully saturated rings. The quantitative estimate of drug-likeness (QED) is 0.637. The van der Waals surface area contributed by atoms with Crippen LogP contribution in [0.1, 0.15) is 29.7 Å². The molecule has 2 heterocycles. The summed E-state index contributed by atoms with van der Waals surface area (Å²) in [6.45, 7) is 0.388. The minimum Gasteiger partial charge on any atom is -0.404 e. The zero-order valence-corrected chi connectivity index (χ0v) is 14.0. The number of aromatic amines is 1. The Balaban J connectivity index is 1.98. The Hall–Kier alpha value is -2.73. The normalized spacial score (nSPS) is 15.3. The van der Waals surface area contributed by atoms with Gasteiger partial charge in [0.1, 0.15) is 0 Å². The third kappa shape index (κ3) is 2.68. The number of H-pyrrole nitrogens is 1. The molecule has 0 radical (unpaired) electrons. The van der Waals surface area contributed by atoms with Gasteiger partial charge in [0.2, 0.25) is 0 Å². The number of aliphatic hydroxyl groups excluding tert-OH is 1. The number of fused-ring (bicyclic) bond motifs is 5. The molecule has 1 aliphatic carbocycles. The molecule has 128 valence electrons. The van der Waals surface area contributed by atoms with Crippen LogP contribution in [0, 0.1) is 0 Å². The van der Waals surface area contributed by atoms with Crippen LogP contribution in [0.3, 0.4) is 0 Å². The van der Waals surface area contributed by atoms with Crippen LogP contribution in [-0.4, -0.2) is 39.7 Å². The summed E-state index contributed by atoms with van der Waals surface area (Å²) in [6, 6.07) is 4.05. The van der Waals surface area contributed by atoms with E-state index in [0.29, 0.717) is 6.54 Å². The van der Waals surface area contributed by atoms with E-state index in [1.165, 1.54) is 22.9 Å². The van der Waals surface area contributed by atoms with Crippen LogP contribution in [0.15, 0.2) is 29.5 Å². The van der Waals surface area contributed by atoms with Gasteiger partial charge in [-0.25, -0.2) is 4.98 Å². The van der Waals surface area contributed by atoms with Crippen molar-refractivity contribution < 1.29 is 5.11 Å². The van der Waals surface area contributed by atoms with E-state index in [2.05, 4.69) is 15.2 Å². The number of rotatable bonds is 4. The lowest BCUT2D eigenvalue weighted by Gasteiger charge is -2.21. The number of benzene rings is 1. The largest absolute Gasteiger partial charge is 0.404 e. The van der Waals surface area contributed by atoms with Crippen LogP contribution in [0.2, 0.25) is 0 Å². The van der Waals surface area contributed by atoms with Crippen LogP contribution < -0.4 is 5.73 Å². The van der Waals surface area contributed by atoms with Gasteiger partial charge in [0, 0.05) is 28.8 Å². The molecular formula is C19H21N5O. The van der Waals surface area contributed by atoms with Crippen molar-refractivity contribution in [1.29, 1.82) is 0 Å². The average Bonchev–Trinajstić information content (AvgIpc) is 3.13. The first-order valence-electron chi connectivity index (χ1n) is 8.64. The molecule has 0 saturated heterocycles. The Morgan fingerprint density at radius 2 is 2.12 bits per heavy atom. The van der Waals surface area contributed by atoms with Crippen molar-refractivity contribution in [2.45, 2.75) is 25.7 Å². The lowest BCUT2D eigenvalue weighted by Crippen LogP contribution is -2.11. The first kappa shape index (κ1) is 15.8. The fourth-order valence-electron chi connectivity index (χ4n) is 3.69. The van der Waals surface area contributed by atoms with E-state index >= 15 is 0 Å². The minimum absolute atomic E-state index is 0.0239. The van der Waals surface area contributed by atoms with E-state index in [4.69, 9.17) is 15.8 Å². The number of hydrogen-bond donors (Lipinski definition) is 3. The van der Waals surface area contributed by atoms with E-state index in [1.807, 2.05) is 18.3 Å². The van der Waals surface area contributed by atoms with E-state index in [-0.39, 0.29) is 6.61 Å². The second-order valence-corrected chi connectivity index (χ2v) is 6.30. The van der Waals surface area contributed by atoms with Crippen molar-refractivity contribution in [2.75, 3.05) is 13.2 Å². The molecule has 0 amide bonds. The molecule has 1 aromatic carbocycles. The summed E-state index contributed by atoms with van der Waals surface area (Å²) < 4.78 is 0. The van der Waals surface area contributed by atoms with Crippen molar-refractivity contribution >= 4 is 33.6 Å². The summed E-state index contributed by atoms with van der Waals surface area (Å²) >= 11 is 0. The van der Waals surface area contributed by atoms with Crippen molar-refractivity contribution in [3.8, 4) is 0 Å². The number of nitrogens with one attached hydrogen (secondary N) is 1. The van der Waals surface area contributed by atoms with E-state index < -0.39 is 0 Å². The maximum Gasteiger partial charge on any atom is 0.0774 e. The second-order valence-electron chi connectivity index (χ2n) is 6.30. The second kappa shape index (κ2) is 6.64. The number of aliphatic hydroxyl groups is 1. The molecule has 0 spiro atoms. The highest BCUT2D eigenvalue weighted by Crippen LogP contribution is 2.35. The topological polar surface area (TPSA) is 100 Å². The number of allylic oxidation sites excluding steroid dienone is 1. The summed E-state index contributed by atoms with van der Waals surface area (Å²) in [6.07, 6.45) is 9.52. The van der Waals surface area contributed by atoms with Crippen molar-refractivity contribution in [3.05, 3.63) is 41.4 Å². The lowest BCUT2D eigenvalue weighted by atomic mass is 9.85. The molecule has 0 bridgehead atoms. The first-order chi connectivity index (χ1) is 12.3. The van der Waals surface area contributed by atoms with Crippen molar-refractivity contribution in [1.82, 2.24) is 15.2 Å². The number of pyridine rings is 1. The fraction of sp³-hybridized carbons (Fsp3) is 0.316. The van der Waals surface area contributed by atoms with E-state index in [1.54, 1.807) is 12.4 Å². The third-order valence-electron chi connectivity index (χ3n) is 4.80. The molecule has 2 aromatic heterocycles. The number of nitrogens with zero attached hydrogens (tertiary/aromatic N) is 3. The van der Waals surface area contributed by atoms with Gasteiger partial charge in [0.15, 0.2) is 0 Å². The van der Waals surface area contributed by atoms with Crippen LogP contribution in [0.4, 0.5) is 0 Å². The maximum absolute atomic E-state index is 8.95. The Bertz CT molecular complexity index is 986. The SMILES string of the molecule is NC=C(C=NCCO)c1nc2ccc3[nH]ncc3c2c2c1CCCC2. The summed E-state index contributed by atoms with van der Waals surface area (Å²) in [5, 5.41) is 18.5. The molecule has 25 heavy (non-hydrogen) atoms. The van der Waals surface area contributed by atoms with Gasteiger partial charge in [-0.2, -0.15) is 5.10 Å². The molecule has 4 rings (SSSR count). The molecule has 1 aliphatic rings. The molecule has 0 aliphatic heterocycles. The summed E-state index contributed by atoms with van der Waals surface area (Å²) in [5.41, 5.74) is 12.2. The van der Waals surface area contributed by atoms with Gasteiger partial charge in [-0.15, -0.1) is 0 Å². The maximum atomic E-state index is 8.95. The van der Waals surface area contributed by atoms with Gasteiger partial charge in [0.05, 0.1) is 36.1 Å². The number of aryl methyl sites for hydroxylation is 1. The molecular weight excluding hydrogens is 314 g/mol. The van der Waals surface area contributed by atoms with Crippen LogP contribution in [-0.2, 0) is 12.8 Å². The molecule has 0 saturated carbocycles. The standard InChI is InChI=1S/C19H21N5O/c20-9-12(10-21-7-8-25)19-14-4-2-1-3-13(14)18-15-11-22-24-16(15)5-6-17(18)23-19/h5-6,9-11,25H,1-4,7-8,20H2,(H,22,24). The average molecular weight is 335 g/mol. The van der Waals surface area contributed by atoms with Crippen molar-refractivity contribution in [3.63, 3.8) is 0 Å². The van der Waals surface area contributed by atoms with E-state index in [9.17, 15) is 0 Å². The van der Waals surface area contributed by atoms with Gasteiger partial charge in [-0.3, -0.25) is 10.1 Å². The van der Waals surface area contributed by atoms with Gasteiger partial charge < -0.3 is 10.8 Å². The van der Waals surface area contributed by atoms with Crippen LogP contribution in [0.25, 0.3) is 27.4 Å². The first-order valence-corrected chi connectivity index (χ1v) is 8.64. The summed E-state index contributed by atoms with van der Waals surface area (Å²) in [4.78, 5) is 9.15. The molecule has 6 heteroatoms. The Morgan fingerprint density at radius 3 is 2.92 bits per heavy atom. The Labute approximate surface area is 145 Å². The van der Waals surface area contributed by atoms with Gasteiger partial charge in [0.25, 0.3) is 0 Å². The summed E-state index contributed by atoms with van der Waals surface area (Å²) in [5.74, 6) is 0. The minimum atomic E-state index is 0.0239. The molecule has 0 atom stereocenters. The number of aromatic nitrogens is 3. The third-order valence-corrected chi connectivity index (χ3v) is 4.80. The highest BCUT2D eigenvalue weighted by Gasteiger charge is 2.21. The molecule has 4 N–H and O–H groups in total. The molecule has 6 nitrogen and oxygen atoms in total. The van der Waals surface area contributed by atoms with Gasteiger partial charge in [-0.05, 0) is 48.9 Å².